The molecule has 0 aromatic heterocycles. The van der Waals surface area contributed by atoms with Crippen molar-refractivity contribution in [2.45, 2.75) is 0 Å². The van der Waals surface area contributed by atoms with Crippen molar-refractivity contribution < 1.29 is 29.6 Å². The number of methoxy groups -OCH3 is 1. The molecule has 0 bridgehead atoms. The van der Waals surface area contributed by atoms with E-state index in [1.807, 2.05) is 0 Å². The van der Waals surface area contributed by atoms with Crippen molar-refractivity contribution in [2.24, 2.45) is 0 Å². The Bertz CT molecular complexity index is 812. The number of ether oxygens (including phenoxy) is 1. The zero-order chi connectivity index (χ0) is 17.7. The van der Waals surface area contributed by atoms with Crippen LogP contribution in [-0.2, 0) is 4.79 Å². The Balaban J connectivity index is 2.31. The summed E-state index contributed by atoms with van der Waals surface area (Å²) in [4.78, 5) is 23.5. The second-order valence-corrected chi connectivity index (χ2v) is 4.77. The van der Waals surface area contributed by atoms with Crippen molar-refractivity contribution in [1.82, 2.24) is 5.32 Å². The van der Waals surface area contributed by atoms with E-state index in [1.165, 1.54) is 43.5 Å². The molecular weight excluding hydrogens is 314 g/mol. The molecule has 0 aliphatic heterocycles. The van der Waals surface area contributed by atoms with Crippen molar-refractivity contribution in [3.8, 4) is 17.2 Å². The second kappa shape index (κ2) is 7.19. The number of hydrogen-bond donors (Lipinski definition) is 4. The number of hydrogen-bond acceptors (Lipinski definition) is 5. The molecule has 0 radical (unpaired) electrons. The molecule has 0 aliphatic rings. The summed E-state index contributed by atoms with van der Waals surface area (Å²) in [6, 6.07) is 10.0. The normalized spacial score (nSPS) is 11.0. The number of para-hydroxylation sites is 1. The van der Waals surface area contributed by atoms with Crippen LogP contribution in [0.5, 0.6) is 17.2 Å². The number of carbonyl (C=O) groups excluding carboxylic acids is 1. The molecule has 7 nitrogen and oxygen atoms in total. The number of aromatic hydroxyl groups is 2. The predicted octanol–water partition coefficient (Wildman–Crippen LogP) is 1.96. The summed E-state index contributed by atoms with van der Waals surface area (Å²) in [6.45, 7) is 0. The van der Waals surface area contributed by atoms with Crippen LogP contribution in [0.2, 0.25) is 0 Å². The van der Waals surface area contributed by atoms with Crippen molar-refractivity contribution in [1.29, 1.82) is 0 Å². The number of rotatable bonds is 5. The van der Waals surface area contributed by atoms with E-state index in [2.05, 4.69) is 5.32 Å². The van der Waals surface area contributed by atoms with Gasteiger partial charge in [-0.15, -0.1) is 0 Å². The molecule has 124 valence electrons. The van der Waals surface area contributed by atoms with Gasteiger partial charge >= 0.3 is 5.97 Å². The Morgan fingerprint density at radius 2 is 1.79 bits per heavy atom. The molecule has 0 spiro atoms. The van der Waals surface area contributed by atoms with E-state index >= 15 is 0 Å². The summed E-state index contributed by atoms with van der Waals surface area (Å²) in [6.07, 6.45) is 1.21. The molecule has 2 rings (SSSR count). The minimum atomic E-state index is -1.36. The number of aliphatic carboxylic acids is 1. The predicted molar refractivity (Wildman–Crippen MR) is 85.8 cm³/mol. The quantitative estimate of drug-likeness (QED) is 0.623. The van der Waals surface area contributed by atoms with Gasteiger partial charge in [0.1, 0.15) is 11.4 Å². The molecular formula is C17H15NO6. The first-order chi connectivity index (χ1) is 11.4. The van der Waals surface area contributed by atoms with Crippen molar-refractivity contribution in [3.05, 3.63) is 59.3 Å². The minimum Gasteiger partial charge on any atom is -0.507 e. The average Bonchev–Trinajstić information content (AvgIpc) is 2.56. The van der Waals surface area contributed by atoms with Crippen LogP contribution in [0.4, 0.5) is 0 Å². The highest BCUT2D eigenvalue weighted by molar-refractivity contribution is 6.04. The molecule has 2 aromatic rings. The van der Waals surface area contributed by atoms with Gasteiger partial charge in [0.15, 0.2) is 11.5 Å². The molecule has 24 heavy (non-hydrogen) atoms. The van der Waals surface area contributed by atoms with Gasteiger partial charge in [-0.2, -0.15) is 0 Å². The lowest BCUT2D eigenvalue weighted by atomic mass is 10.1. The number of nitrogens with one attached hydrogen (secondary N) is 1. The van der Waals surface area contributed by atoms with Crippen LogP contribution >= 0.6 is 0 Å². The SMILES string of the molecule is COc1cc(/C=C(\NC(=O)c2ccccc2O)C(=O)O)ccc1O. The van der Waals surface area contributed by atoms with Crippen LogP contribution in [0.3, 0.4) is 0 Å². The fraction of sp³-hybridized carbons (Fsp3) is 0.0588. The monoisotopic (exact) mass is 329 g/mol. The van der Waals surface area contributed by atoms with Gasteiger partial charge in [0.05, 0.1) is 12.7 Å². The molecule has 7 heteroatoms. The third-order valence-electron chi connectivity index (χ3n) is 3.14. The van der Waals surface area contributed by atoms with E-state index in [0.717, 1.165) is 0 Å². The lowest BCUT2D eigenvalue weighted by molar-refractivity contribution is -0.132. The first-order valence-corrected chi connectivity index (χ1v) is 6.83. The molecule has 2 aromatic carbocycles. The Hall–Kier alpha value is -3.48. The zero-order valence-electron chi connectivity index (χ0n) is 12.7. The largest absolute Gasteiger partial charge is 0.507 e. The maximum absolute atomic E-state index is 12.1. The van der Waals surface area contributed by atoms with E-state index in [4.69, 9.17) is 4.74 Å². The summed E-state index contributed by atoms with van der Waals surface area (Å²) in [5.41, 5.74) is -0.0384. The number of phenols is 2. The third-order valence-corrected chi connectivity index (χ3v) is 3.14. The number of benzene rings is 2. The highest BCUT2D eigenvalue weighted by Gasteiger charge is 2.16. The maximum atomic E-state index is 12.1. The lowest BCUT2D eigenvalue weighted by Crippen LogP contribution is -2.27. The summed E-state index contributed by atoms with van der Waals surface area (Å²) in [7, 11) is 1.36. The minimum absolute atomic E-state index is 0.0482. The summed E-state index contributed by atoms with van der Waals surface area (Å²) in [5.74, 6) is -2.30. The average molecular weight is 329 g/mol. The van der Waals surface area contributed by atoms with E-state index < -0.39 is 17.6 Å². The Morgan fingerprint density at radius 1 is 1.08 bits per heavy atom. The molecule has 0 aliphatic carbocycles. The highest BCUT2D eigenvalue weighted by Crippen LogP contribution is 2.27. The lowest BCUT2D eigenvalue weighted by Gasteiger charge is -2.08. The smallest absolute Gasteiger partial charge is 0.352 e. The van der Waals surface area contributed by atoms with Crippen LogP contribution in [0, 0.1) is 0 Å². The third kappa shape index (κ3) is 3.83. The summed E-state index contributed by atoms with van der Waals surface area (Å²) >= 11 is 0. The molecule has 4 N–H and O–H groups in total. The second-order valence-electron chi connectivity index (χ2n) is 4.77. The highest BCUT2D eigenvalue weighted by atomic mass is 16.5. The Kier molecular flexibility index (Phi) is 5.06. The standard InChI is InChI=1S/C17H15NO6/c1-24-15-9-10(6-7-14(15)20)8-12(17(22)23)18-16(21)11-4-2-3-5-13(11)19/h2-9,19-20H,1H3,(H,18,21)(H,22,23)/b12-8-. The first-order valence-electron chi connectivity index (χ1n) is 6.83. The van der Waals surface area contributed by atoms with Crippen molar-refractivity contribution in [2.75, 3.05) is 7.11 Å². The first kappa shape index (κ1) is 16.9. The van der Waals surface area contributed by atoms with Crippen LogP contribution in [-0.4, -0.2) is 34.3 Å². The molecule has 0 atom stereocenters. The van der Waals surface area contributed by atoms with Gasteiger partial charge < -0.3 is 25.4 Å². The van der Waals surface area contributed by atoms with Crippen LogP contribution in [0.1, 0.15) is 15.9 Å². The maximum Gasteiger partial charge on any atom is 0.352 e. The van der Waals surface area contributed by atoms with Gasteiger partial charge in [0.2, 0.25) is 0 Å². The topological polar surface area (TPSA) is 116 Å². The molecule has 0 fully saturated rings. The molecule has 0 saturated carbocycles. The van der Waals surface area contributed by atoms with Gasteiger partial charge in [-0.3, -0.25) is 4.79 Å². The Morgan fingerprint density at radius 3 is 2.42 bits per heavy atom. The van der Waals surface area contributed by atoms with Gasteiger partial charge in [-0.1, -0.05) is 18.2 Å². The molecule has 0 unspecified atom stereocenters. The zero-order valence-corrected chi connectivity index (χ0v) is 12.7. The van der Waals surface area contributed by atoms with Gasteiger partial charge in [-0.05, 0) is 35.9 Å². The summed E-state index contributed by atoms with van der Waals surface area (Å²) in [5, 5.41) is 30.7. The van der Waals surface area contributed by atoms with E-state index in [1.54, 1.807) is 12.1 Å². The van der Waals surface area contributed by atoms with E-state index in [9.17, 15) is 24.9 Å². The van der Waals surface area contributed by atoms with E-state index in [-0.39, 0.29) is 22.8 Å². The fourth-order valence-corrected chi connectivity index (χ4v) is 1.96. The van der Waals surface area contributed by atoms with E-state index in [0.29, 0.717) is 5.56 Å². The number of phenolic OH excluding ortho intramolecular Hbond substituents is 2. The number of carboxylic acids is 1. The molecule has 1 amide bonds. The van der Waals surface area contributed by atoms with Crippen LogP contribution in [0.25, 0.3) is 6.08 Å². The van der Waals surface area contributed by atoms with Gasteiger partial charge in [-0.25, -0.2) is 4.79 Å². The van der Waals surface area contributed by atoms with Crippen LogP contribution in [0.15, 0.2) is 48.2 Å². The van der Waals surface area contributed by atoms with Crippen LogP contribution < -0.4 is 10.1 Å². The number of carboxylic acid groups (broad SMARTS) is 1. The van der Waals surface area contributed by atoms with Crippen molar-refractivity contribution >= 4 is 18.0 Å². The molecule has 0 saturated heterocycles. The summed E-state index contributed by atoms with van der Waals surface area (Å²) < 4.78 is 4.95. The number of carbonyl (C=O) groups is 2. The number of amides is 1. The van der Waals surface area contributed by atoms with Gasteiger partial charge in [0.25, 0.3) is 5.91 Å². The molecule has 0 heterocycles. The van der Waals surface area contributed by atoms with Gasteiger partial charge in [0, 0.05) is 0 Å². The Labute approximate surface area is 137 Å². The van der Waals surface area contributed by atoms with Crippen molar-refractivity contribution in [3.63, 3.8) is 0 Å². The fourth-order valence-electron chi connectivity index (χ4n) is 1.96.